The Morgan fingerprint density at radius 3 is 2.88 bits per heavy atom. The molecule has 0 N–H and O–H groups in total. The van der Waals surface area contributed by atoms with Crippen LogP contribution < -0.4 is 0 Å². The van der Waals surface area contributed by atoms with Crippen LogP contribution in [0.1, 0.15) is 12.8 Å². The zero-order valence-electron chi connectivity index (χ0n) is 5.22. The molecule has 1 saturated heterocycles. The summed E-state index contributed by atoms with van der Waals surface area (Å²) < 4.78 is 5.17. The summed E-state index contributed by atoms with van der Waals surface area (Å²) in [5.41, 5.74) is 0. The van der Waals surface area contributed by atoms with Crippen LogP contribution in [0.3, 0.4) is 0 Å². The van der Waals surface area contributed by atoms with Gasteiger partial charge in [0.25, 0.3) is 0 Å². The van der Waals surface area contributed by atoms with Gasteiger partial charge in [0.15, 0.2) is 0 Å². The third-order valence-electron chi connectivity index (χ3n) is 1.45. The fraction of sp³-hybridized carbons (Fsp3) is 1.00. The Balaban J connectivity index is 2.13. The number of hydrogen-bond acceptors (Lipinski definition) is 2. The van der Waals surface area contributed by atoms with Crippen LogP contribution in [0.25, 0.3) is 0 Å². The first-order valence-electron chi connectivity index (χ1n) is 3.04. The molecule has 1 fully saturated rings. The van der Waals surface area contributed by atoms with Gasteiger partial charge in [0.2, 0.25) is 0 Å². The molecular weight excluding hydrogens is 120 g/mol. The number of thioether (sulfide) groups is 1. The summed E-state index contributed by atoms with van der Waals surface area (Å²) in [6.45, 7) is 0. The van der Waals surface area contributed by atoms with E-state index >= 15 is 0 Å². The summed E-state index contributed by atoms with van der Waals surface area (Å²) in [4.78, 5) is 0. The molecule has 1 nitrogen and oxygen atoms in total. The normalized spacial score (nSPS) is 30.4. The molecule has 0 saturated carbocycles. The summed E-state index contributed by atoms with van der Waals surface area (Å²) in [6, 6.07) is 0. The van der Waals surface area contributed by atoms with Gasteiger partial charge in [-0.15, -0.1) is 0 Å². The predicted octanol–water partition coefficient (Wildman–Crippen LogP) is 1.53. The Labute approximate surface area is 54.8 Å². The van der Waals surface area contributed by atoms with Crippen molar-refractivity contribution in [2.24, 2.45) is 0 Å². The molecule has 0 aromatic carbocycles. The van der Waals surface area contributed by atoms with Gasteiger partial charge in [-0.2, -0.15) is 11.8 Å². The van der Waals surface area contributed by atoms with Crippen molar-refractivity contribution in [2.75, 3.05) is 18.6 Å². The molecule has 0 aromatic rings. The summed E-state index contributed by atoms with van der Waals surface area (Å²) >= 11 is 2.00. The Morgan fingerprint density at radius 1 is 1.62 bits per heavy atom. The van der Waals surface area contributed by atoms with Crippen LogP contribution in [0.2, 0.25) is 0 Å². The highest BCUT2D eigenvalue weighted by molar-refractivity contribution is 7.99. The van der Waals surface area contributed by atoms with E-state index in [1.165, 1.54) is 24.3 Å². The lowest BCUT2D eigenvalue weighted by Crippen LogP contribution is -2.17. The van der Waals surface area contributed by atoms with Crippen molar-refractivity contribution in [3.63, 3.8) is 0 Å². The summed E-state index contributed by atoms with van der Waals surface area (Å²) in [6.07, 6.45) is 3.15. The molecule has 1 aliphatic rings. The van der Waals surface area contributed by atoms with Crippen LogP contribution in [0.15, 0.2) is 0 Å². The highest BCUT2D eigenvalue weighted by atomic mass is 32.2. The summed E-state index contributed by atoms with van der Waals surface area (Å²) in [5, 5.41) is 0. The van der Waals surface area contributed by atoms with Crippen molar-refractivity contribution in [1.82, 2.24) is 0 Å². The van der Waals surface area contributed by atoms with E-state index in [-0.39, 0.29) is 0 Å². The van der Waals surface area contributed by atoms with Gasteiger partial charge in [-0.05, 0) is 18.6 Å². The molecule has 1 aliphatic heterocycles. The highest BCUT2D eigenvalue weighted by Gasteiger charge is 2.10. The van der Waals surface area contributed by atoms with Crippen molar-refractivity contribution >= 4 is 11.8 Å². The van der Waals surface area contributed by atoms with E-state index in [0.29, 0.717) is 6.10 Å². The number of hydrogen-bond donors (Lipinski definition) is 0. The molecule has 1 heterocycles. The third kappa shape index (κ3) is 1.67. The van der Waals surface area contributed by atoms with E-state index in [4.69, 9.17) is 4.74 Å². The second kappa shape index (κ2) is 3.36. The molecule has 0 bridgehead atoms. The molecule has 0 radical (unpaired) electrons. The molecule has 1 atom stereocenters. The standard InChI is InChI=1S/C6H12OS/c1-7-6-3-2-4-8-5-6/h6H,2-5H2,1H3. The molecule has 1 unspecified atom stereocenters. The van der Waals surface area contributed by atoms with Gasteiger partial charge >= 0.3 is 0 Å². The lowest BCUT2D eigenvalue weighted by atomic mass is 10.2. The van der Waals surface area contributed by atoms with Crippen LogP contribution in [-0.4, -0.2) is 24.7 Å². The minimum Gasteiger partial charge on any atom is -0.381 e. The molecule has 0 aliphatic carbocycles. The minimum atomic E-state index is 0.550. The quantitative estimate of drug-likeness (QED) is 0.535. The highest BCUT2D eigenvalue weighted by Crippen LogP contribution is 2.18. The van der Waals surface area contributed by atoms with Gasteiger partial charge < -0.3 is 4.74 Å². The van der Waals surface area contributed by atoms with E-state index in [1.807, 2.05) is 11.8 Å². The maximum absolute atomic E-state index is 5.17. The van der Waals surface area contributed by atoms with E-state index in [9.17, 15) is 0 Å². The van der Waals surface area contributed by atoms with Crippen molar-refractivity contribution in [3.05, 3.63) is 0 Å². The van der Waals surface area contributed by atoms with Crippen LogP contribution in [0, 0.1) is 0 Å². The Bertz CT molecular complexity index is 59.5. The van der Waals surface area contributed by atoms with Crippen molar-refractivity contribution < 1.29 is 4.74 Å². The second-order valence-electron chi connectivity index (χ2n) is 2.07. The lowest BCUT2D eigenvalue weighted by Gasteiger charge is -2.18. The molecule has 8 heavy (non-hydrogen) atoms. The lowest BCUT2D eigenvalue weighted by molar-refractivity contribution is 0.112. The van der Waals surface area contributed by atoms with Crippen molar-refractivity contribution in [1.29, 1.82) is 0 Å². The number of ether oxygens (including phenoxy) is 1. The smallest absolute Gasteiger partial charge is 0.0662 e. The molecule has 0 aromatic heterocycles. The topological polar surface area (TPSA) is 9.23 Å². The molecule has 0 amide bonds. The van der Waals surface area contributed by atoms with E-state index in [0.717, 1.165) is 0 Å². The molecule has 2 heteroatoms. The van der Waals surface area contributed by atoms with E-state index in [2.05, 4.69) is 0 Å². The molecule has 0 spiro atoms. The number of methoxy groups -OCH3 is 1. The molecular formula is C6H12OS. The van der Waals surface area contributed by atoms with Crippen LogP contribution >= 0.6 is 11.8 Å². The predicted molar refractivity (Wildman–Crippen MR) is 37.4 cm³/mol. The van der Waals surface area contributed by atoms with Gasteiger partial charge in [0.05, 0.1) is 6.10 Å². The van der Waals surface area contributed by atoms with Crippen LogP contribution in [-0.2, 0) is 4.74 Å². The Hall–Kier alpha value is 0.310. The minimum absolute atomic E-state index is 0.550. The van der Waals surface area contributed by atoms with Gasteiger partial charge in [-0.1, -0.05) is 0 Å². The average Bonchev–Trinajstić information content (AvgIpc) is 1.90. The van der Waals surface area contributed by atoms with E-state index < -0.39 is 0 Å². The first kappa shape index (κ1) is 6.43. The van der Waals surface area contributed by atoms with Gasteiger partial charge in [-0.3, -0.25) is 0 Å². The largest absolute Gasteiger partial charge is 0.381 e. The zero-order valence-corrected chi connectivity index (χ0v) is 6.04. The van der Waals surface area contributed by atoms with Crippen molar-refractivity contribution in [2.45, 2.75) is 18.9 Å². The van der Waals surface area contributed by atoms with Crippen molar-refractivity contribution in [3.8, 4) is 0 Å². The van der Waals surface area contributed by atoms with Crippen LogP contribution in [0.5, 0.6) is 0 Å². The third-order valence-corrected chi connectivity index (χ3v) is 2.64. The molecule has 1 rings (SSSR count). The summed E-state index contributed by atoms with van der Waals surface area (Å²) in [5.74, 6) is 2.54. The maximum Gasteiger partial charge on any atom is 0.0662 e. The second-order valence-corrected chi connectivity index (χ2v) is 3.22. The fourth-order valence-corrected chi connectivity index (χ4v) is 2.00. The monoisotopic (exact) mass is 132 g/mol. The molecule has 48 valence electrons. The van der Waals surface area contributed by atoms with Gasteiger partial charge in [0.1, 0.15) is 0 Å². The van der Waals surface area contributed by atoms with Gasteiger partial charge in [0, 0.05) is 12.9 Å². The van der Waals surface area contributed by atoms with Gasteiger partial charge in [-0.25, -0.2) is 0 Å². The zero-order chi connectivity index (χ0) is 5.82. The van der Waals surface area contributed by atoms with Crippen LogP contribution in [0.4, 0.5) is 0 Å². The average molecular weight is 132 g/mol. The Morgan fingerprint density at radius 2 is 2.50 bits per heavy atom. The first-order chi connectivity index (χ1) is 3.93. The Kier molecular flexibility index (Phi) is 2.70. The SMILES string of the molecule is COC1CCCSC1. The number of rotatable bonds is 1. The first-order valence-corrected chi connectivity index (χ1v) is 4.19. The summed E-state index contributed by atoms with van der Waals surface area (Å²) in [7, 11) is 1.80. The fourth-order valence-electron chi connectivity index (χ4n) is 0.897. The maximum atomic E-state index is 5.17. The van der Waals surface area contributed by atoms with E-state index in [1.54, 1.807) is 7.11 Å².